The van der Waals surface area contributed by atoms with Crippen molar-refractivity contribution < 1.29 is 18.3 Å². The summed E-state index contributed by atoms with van der Waals surface area (Å²) in [6, 6.07) is 1.06. The second-order valence-corrected chi connectivity index (χ2v) is 5.83. The Labute approximate surface area is 114 Å². The molecule has 0 unspecified atom stereocenters. The molecule has 2 rings (SSSR count). The minimum atomic E-state index is -3.74. The highest BCUT2D eigenvalue weighted by Gasteiger charge is 2.17. The molecule has 108 valence electrons. The van der Waals surface area contributed by atoms with Gasteiger partial charge in [-0.05, 0) is 6.07 Å². The number of hydrogen-bond donors (Lipinski definition) is 3. The van der Waals surface area contributed by atoms with Crippen LogP contribution in [0.5, 0.6) is 0 Å². The molecular formula is C10H13N5O4S. The second-order valence-electron chi connectivity index (χ2n) is 4.06. The van der Waals surface area contributed by atoms with E-state index in [0.29, 0.717) is 12.2 Å². The van der Waals surface area contributed by atoms with Gasteiger partial charge in [-0.1, -0.05) is 0 Å². The van der Waals surface area contributed by atoms with Gasteiger partial charge in [-0.15, -0.1) is 10.2 Å². The summed E-state index contributed by atoms with van der Waals surface area (Å²) in [6.07, 6.45) is 3.04. The van der Waals surface area contributed by atoms with Gasteiger partial charge in [0, 0.05) is 26.2 Å². The van der Waals surface area contributed by atoms with E-state index in [1.54, 1.807) is 11.6 Å². The molecule has 0 aliphatic heterocycles. The summed E-state index contributed by atoms with van der Waals surface area (Å²) in [5.41, 5.74) is -0.182. The van der Waals surface area contributed by atoms with E-state index < -0.39 is 16.0 Å². The summed E-state index contributed by atoms with van der Waals surface area (Å²) in [7, 11) is -1.98. The van der Waals surface area contributed by atoms with Gasteiger partial charge in [0.15, 0.2) is 0 Å². The van der Waals surface area contributed by atoms with Crippen molar-refractivity contribution in [2.75, 3.05) is 6.54 Å². The Balaban J connectivity index is 2.00. The first kappa shape index (κ1) is 14.2. The zero-order valence-corrected chi connectivity index (χ0v) is 11.4. The molecule has 0 aliphatic carbocycles. The molecule has 10 heteroatoms. The van der Waals surface area contributed by atoms with Crippen LogP contribution in [0.1, 0.15) is 16.3 Å². The minimum Gasteiger partial charge on any atom is -0.477 e. The van der Waals surface area contributed by atoms with Crippen molar-refractivity contribution in [1.82, 2.24) is 24.5 Å². The number of aromatic amines is 1. The van der Waals surface area contributed by atoms with Crippen molar-refractivity contribution in [3.05, 3.63) is 30.1 Å². The summed E-state index contributed by atoms with van der Waals surface area (Å²) < 4.78 is 27.9. The minimum absolute atomic E-state index is 0.118. The zero-order chi connectivity index (χ0) is 14.8. The van der Waals surface area contributed by atoms with Crippen molar-refractivity contribution in [3.63, 3.8) is 0 Å². The van der Waals surface area contributed by atoms with Gasteiger partial charge in [-0.3, -0.25) is 0 Å². The second kappa shape index (κ2) is 5.43. The number of hydrogen-bond acceptors (Lipinski definition) is 5. The van der Waals surface area contributed by atoms with Crippen LogP contribution in [0.2, 0.25) is 0 Å². The Morgan fingerprint density at radius 3 is 2.85 bits per heavy atom. The average Bonchev–Trinajstić information content (AvgIpc) is 2.99. The third-order valence-corrected chi connectivity index (χ3v) is 4.08. The molecule has 0 atom stereocenters. The molecule has 2 heterocycles. The molecule has 0 aromatic carbocycles. The first-order chi connectivity index (χ1) is 9.40. The largest absolute Gasteiger partial charge is 0.477 e. The number of H-pyrrole nitrogens is 1. The maximum absolute atomic E-state index is 11.9. The number of carboxylic acids is 1. The lowest BCUT2D eigenvalue weighted by molar-refractivity contribution is 0.0691. The molecule has 2 aromatic heterocycles. The van der Waals surface area contributed by atoms with Gasteiger partial charge in [0.1, 0.15) is 22.7 Å². The maximum Gasteiger partial charge on any atom is 0.352 e. The fraction of sp³-hybridized carbons (Fsp3) is 0.300. The number of nitrogens with one attached hydrogen (secondary N) is 2. The smallest absolute Gasteiger partial charge is 0.352 e. The summed E-state index contributed by atoms with van der Waals surface area (Å²) >= 11 is 0. The predicted molar refractivity (Wildman–Crippen MR) is 67.6 cm³/mol. The number of nitrogens with zero attached hydrogens (tertiary/aromatic N) is 3. The maximum atomic E-state index is 11.9. The van der Waals surface area contributed by atoms with E-state index in [1.165, 1.54) is 6.33 Å². The first-order valence-electron chi connectivity index (χ1n) is 5.64. The Bertz CT molecular complexity index is 718. The summed E-state index contributed by atoms with van der Waals surface area (Å²) in [4.78, 5) is 12.9. The Morgan fingerprint density at radius 1 is 1.55 bits per heavy atom. The highest BCUT2D eigenvalue weighted by molar-refractivity contribution is 7.89. The van der Waals surface area contributed by atoms with E-state index in [4.69, 9.17) is 5.11 Å². The molecule has 0 aliphatic rings. The number of aromatic carboxylic acids is 1. The van der Waals surface area contributed by atoms with Crippen molar-refractivity contribution in [2.45, 2.75) is 11.3 Å². The lowest BCUT2D eigenvalue weighted by Crippen LogP contribution is -2.26. The summed E-state index contributed by atoms with van der Waals surface area (Å²) in [5, 5.41) is 16.2. The van der Waals surface area contributed by atoms with Crippen LogP contribution in [0.4, 0.5) is 0 Å². The molecule has 0 fully saturated rings. The molecule has 0 bridgehead atoms. The standard InChI is InChI=1S/C10H13N5O4S/c1-15-6-12-14-9(15)2-3-13-20(18,19)7-4-8(10(16)17)11-5-7/h4-6,11,13H,2-3H2,1H3,(H,16,17). The highest BCUT2D eigenvalue weighted by Crippen LogP contribution is 2.10. The molecule has 2 aromatic rings. The molecular weight excluding hydrogens is 286 g/mol. The molecule has 0 amide bonds. The lowest BCUT2D eigenvalue weighted by Gasteiger charge is -2.04. The Kier molecular flexibility index (Phi) is 3.86. The number of carboxylic acid groups (broad SMARTS) is 1. The van der Waals surface area contributed by atoms with E-state index >= 15 is 0 Å². The average molecular weight is 299 g/mol. The molecule has 20 heavy (non-hydrogen) atoms. The molecule has 0 spiro atoms. The van der Waals surface area contributed by atoms with Gasteiger partial charge >= 0.3 is 5.97 Å². The fourth-order valence-electron chi connectivity index (χ4n) is 1.57. The van der Waals surface area contributed by atoms with Crippen molar-refractivity contribution in [1.29, 1.82) is 0 Å². The van der Waals surface area contributed by atoms with Crippen LogP contribution in [0.3, 0.4) is 0 Å². The lowest BCUT2D eigenvalue weighted by atomic mass is 10.4. The van der Waals surface area contributed by atoms with Crippen molar-refractivity contribution in [2.24, 2.45) is 7.05 Å². The first-order valence-corrected chi connectivity index (χ1v) is 7.13. The van der Waals surface area contributed by atoms with Crippen LogP contribution in [0.15, 0.2) is 23.5 Å². The van der Waals surface area contributed by atoms with Crippen LogP contribution in [0, 0.1) is 0 Å². The van der Waals surface area contributed by atoms with Gasteiger partial charge < -0.3 is 14.7 Å². The number of sulfonamides is 1. The van der Waals surface area contributed by atoms with Crippen molar-refractivity contribution in [3.8, 4) is 0 Å². The fourth-order valence-corrected chi connectivity index (χ4v) is 2.59. The third kappa shape index (κ3) is 3.03. The number of aromatic nitrogens is 4. The molecule has 0 saturated heterocycles. The zero-order valence-electron chi connectivity index (χ0n) is 10.6. The topological polar surface area (TPSA) is 130 Å². The van der Waals surface area contributed by atoms with Crippen molar-refractivity contribution >= 4 is 16.0 Å². The number of rotatable bonds is 6. The number of carbonyl (C=O) groups is 1. The van der Waals surface area contributed by atoms with Gasteiger partial charge in [0.05, 0.1) is 0 Å². The van der Waals surface area contributed by atoms with Crippen LogP contribution >= 0.6 is 0 Å². The highest BCUT2D eigenvalue weighted by atomic mass is 32.2. The molecule has 0 saturated carbocycles. The van der Waals surface area contributed by atoms with Crippen LogP contribution in [0.25, 0.3) is 0 Å². The molecule has 3 N–H and O–H groups in total. The quantitative estimate of drug-likeness (QED) is 0.650. The number of aryl methyl sites for hydroxylation is 1. The molecule has 9 nitrogen and oxygen atoms in total. The van der Waals surface area contributed by atoms with Gasteiger partial charge in [0.2, 0.25) is 10.0 Å². The predicted octanol–water partition coefficient (Wildman–Crippen LogP) is -0.638. The van der Waals surface area contributed by atoms with E-state index in [-0.39, 0.29) is 17.1 Å². The van der Waals surface area contributed by atoms with Gasteiger partial charge in [-0.2, -0.15) is 0 Å². The van der Waals surface area contributed by atoms with E-state index in [1.807, 2.05) is 0 Å². The molecule has 0 radical (unpaired) electrons. The van der Waals surface area contributed by atoms with Crippen LogP contribution in [-0.4, -0.2) is 45.8 Å². The van der Waals surface area contributed by atoms with Gasteiger partial charge in [0.25, 0.3) is 0 Å². The van der Waals surface area contributed by atoms with E-state index in [2.05, 4.69) is 19.9 Å². The summed E-state index contributed by atoms with van der Waals surface area (Å²) in [6.45, 7) is 0.141. The summed E-state index contributed by atoms with van der Waals surface area (Å²) in [5.74, 6) is -0.571. The Hall–Kier alpha value is -2.20. The van der Waals surface area contributed by atoms with Gasteiger partial charge in [-0.25, -0.2) is 17.9 Å². The van der Waals surface area contributed by atoms with Crippen LogP contribution < -0.4 is 4.72 Å². The Morgan fingerprint density at radius 2 is 2.30 bits per heavy atom. The third-order valence-electron chi connectivity index (χ3n) is 2.64. The van der Waals surface area contributed by atoms with E-state index in [0.717, 1.165) is 12.3 Å². The van der Waals surface area contributed by atoms with Crippen LogP contribution in [-0.2, 0) is 23.5 Å². The van der Waals surface area contributed by atoms with E-state index in [9.17, 15) is 13.2 Å². The SMILES string of the molecule is Cn1cnnc1CCNS(=O)(=O)c1c[nH]c(C(=O)O)c1. The monoisotopic (exact) mass is 299 g/mol. The normalized spacial score (nSPS) is 11.7.